The molecule has 0 aliphatic rings. The van der Waals surface area contributed by atoms with E-state index in [0.29, 0.717) is 27.8 Å². The number of thiophene rings is 1. The number of ether oxygens (including phenoxy) is 3. The van der Waals surface area contributed by atoms with Crippen molar-refractivity contribution in [3.05, 3.63) is 59.2 Å². The minimum atomic E-state index is -0.297. The first-order valence-electron chi connectivity index (χ1n) is 8.03. The van der Waals surface area contributed by atoms with E-state index in [4.69, 9.17) is 14.2 Å². The fourth-order valence-electron chi connectivity index (χ4n) is 2.54. The van der Waals surface area contributed by atoms with Gasteiger partial charge in [-0.2, -0.15) is 0 Å². The molecule has 2 aromatic carbocycles. The van der Waals surface area contributed by atoms with Gasteiger partial charge in [-0.3, -0.25) is 4.79 Å². The molecule has 0 spiro atoms. The van der Waals surface area contributed by atoms with Gasteiger partial charge in [0.05, 0.1) is 31.9 Å². The minimum Gasteiger partial charge on any atom is -0.494 e. The molecule has 1 N–H and O–H groups in total. The van der Waals surface area contributed by atoms with Gasteiger partial charge in [0, 0.05) is 17.0 Å². The molecule has 0 unspecified atom stereocenters. The van der Waals surface area contributed by atoms with Crippen molar-refractivity contribution in [2.45, 2.75) is 0 Å². The van der Waals surface area contributed by atoms with Gasteiger partial charge in [0.15, 0.2) is 11.5 Å². The molecule has 0 fully saturated rings. The zero-order chi connectivity index (χ0) is 19.4. The van der Waals surface area contributed by atoms with Gasteiger partial charge in [0.25, 0.3) is 5.91 Å². The van der Waals surface area contributed by atoms with Crippen molar-refractivity contribution in [2.24, 2.45) is 0 Å². The van der Waals surface area contributed by atoms with Crippen LogP contribution < -0.4 is 19.5 Å². The van der Waals surface area contributed by atoms with Crippen LogP contribution in [-0.4, -0.2) is 27.2 Å². The van der Waals surface area contributed by atoms with Crippen LogP contribution in [0.15, 0.2) is 48.5 Å². The lowest BCUT2D eigenvalue weighted by atomic mass is 10.2. The molecule has 1 heterocycles. The normalized spacial score (nSPS) is 10.4. The van der Waals surface area contributed by atoms with Crippen LogP contribution in [0.1, 0.15) is 9.67 Å². The standard InChI is InChI=1S/C20H18FNO4S/c1-24-15-11-17(26-3)16(25-2)10-14(15)22-20(23)19-9-8-18(27-19)12-4-6-13(21)7-5-12/h4-11H,1-3H3,(H,22,23). The number of methoxy groups -OCH3 is 3. The lowest BCUT2D eigenvalue weighted by molar-refractivity contribution is 0.103. The topological polar surface area (TPSA) is 56.8 Å². The Kier molecular flexibility index (Phi) is 5.61. The van der Waals surface area contributed by atoms with E-state index in [1.807, 2.05) is 6.07 Å². The van der Waals surface area contributed by atoms with Gasteiger partial charge < -0.3 is 19.5 Å². The maximum Gasteiger partial charge on any atom is 0.265 e. The Balaban J connectivity index is 1.84. The largest absolute Gasteiger partial charge is 0.494 e. The van der Waals surface area contributed by atoms with E-state index in [1.54, 1.807) is 30.3 Å². The monoisotopic (exact) mass is 387 g/mol. The summed E-state index contributed by atoms with van der Waals surface area (Å²) in [5.41, 5.74) is 1.32. The highest BCUT2D eigenvalue weighted by molar-refractivity contribution is 7.17. The molecule has 1 aromatic heterocycles. The highest BCUT2D eigenvalue weighted by atomic mass is 32.1. The summed E-state index contributed by atoms with van der Waals surface area (Å²) >= 11 is 1.32. The number of benzene rings is 2. The molecule has 0 radical (unpaired) electrons. The number of carbonyl (C=O) groups excluding carboxylic acids is 1. The number of hydrogen-bond donors (Lipinski definition) is 1. The van der Waals surface area contributed by atoms with Crippen LogP contribution in [0.5, 0.6) is 17.2 Å². The predicted molar refractivity (Wildman–Crippen MR) is 104 cm³/mol. The molecule has 0 aliphatic carbocycles. The first-order chi connectivity index (χ1) is 13.0. The fraction of sp³-hybridized carbons (Fsp3) is 0.150. The summed E-state index contributed by atoms with van der Waals surface area (Å²) in [5, 5.41) is 2.83. The molecular weight excluding hydrogens is 369 g/mol. The summed E-state index contributed by atoms with van der Waals surface area (Å²) < 4.78 is 28.9. The van der Waals surface area contributed by atoms with E-state index in [-0.39, 0.29) is 11.7 Å². The van der Waals surface area contributed by atoms with Gasteiger partial charge in [-0.1, -0.05) is 12.1 Å². The van der Waals surface area contributed by atoms with Crippen LogP contribution in [0.3, 0.4) is 0 Å². The second-order valence-corrected chi connectivity index (χ2v) is 6.62. The van der Waals surface area contributed by atoms with Crippen LogP contribution in [0.2, 0.25) is 0 Å². The lowest BCUT2D eigenvalue weighted by Gasteiger charge is -2.14. The summed E-state index contributed by atoms with van der Waals surface area (Å²) in [6.45, 7) is 0. The number of amides is 1. The van der Waals surface area contributed by atoms with Crippen LogP contribution >= 0.6 is 11.3 Å². The van der Waals surface area contributed by atoms with E-state index in [1.165, 1.54) is 44.8 Å². The van der Waals surface area contributed by atoms with Gasteiger partial charge in [0.2, 0.25) is 0 Å². The zero-order valence-corrected chi connectivity index (χ0v) is 15.9. The molecule has 27 heavy (non-hydrogen) atoms. The summed E-state index contributed by atoms with van der Waals surface area (Å²) in [4.78, 5) is 14.0. The number of rotatable bonds is 6. The maximum atomic E-state index is 13.1. The van der Waals surface area contributed by atoms with Crippen molar-refractivity contribution in [2.75, 3.05) is 26.6 Å². The first kappa shape index (κ1) is 18.7. The molecule has 7 heteroatoms. The van der Waals surface area contributed by atoms with Crippen molar-refractivity contribution in [3.63, 3.8) is 0 Å². The SMILES string of the molecule is COc1cc(OC)c(OC)cc1NC(=O)c1ccc(-c2ccc(F)cc2)s1. The molecule has 140 valence electrons. The van der Waals surface area contributed by atoms with E-state index >= 15 is 0 Å². The Bertz CT molecular complexity index is 953. The molecule has 5 nitrogen and oxygen atoms in total. The molecule has 3 rings (SSSR count). The quantitative estimate of drug-likeness (QED) is 0.658. The molecule has 0 bridgehead atoms. The third-order valence-corrected chi connectivity index (χ3v) is 5.05. The third-order valence-electron chi connectivity index (χ3n) is 3.91. The fourth-order valence-corrected chi connectivity index (χ4v) is 3.45. The predicted octanol–water partition coefficient (Wildman–Crippen LogP) is 4.83. The molecule has 0 atom stereocenters. The third kappa shape index (κ3) is 4.03. The first-order valence-corrected chi connectivity index (χ1v) is 8.84. The number of anilines is 1. The van der Waals surface area contributed by atoms with Gasteiger partial charge in [0.1, 0.15) is 11.6 Å². The lowest BCUT2D eigenvalue weighted by Crippen LogP contribution is -2.11. The van der Waals surface area contributed by atoms with Crippen LogP contribution in [0.4, 0.5) is 10.1 Å². The zero-order valence-electron chi connectivity index (χ0n) is 15.0. The van der Waals surface area contributed by atoms with Gasteiger partial charge in [-0.05, 0) is 29.8 Å². The molecular formula is C20H18FNO4S. The average Bonchev–Trinajstić information content (AvgIpc) is 3.18. The van der Waals surface area contributed by atoms with E-state index in [2.05, 4.69) is 5.32 Å². The molecule has 3 aromatic rings. The molecule has 1 amide bonds. The second-order valence-electron chi connectivity index (χ2n) is 5.53. The summed E-state index contributed by atoms with van der Waals surface area (Å²) in [6, 6.07) is 13.0. The summed E-state index contributed by atoms with van der Waals surface area (Å²) in [7, 11) is 4.55. The molecule has 0 aliphatic heterocycles. The highest BCUT2D eigenvalue weighted by Gasteiger charge is 2.16. The summed E-state index contributed by atoms with van der Waals surface area (Å²) in [5.74, 6) is 0.859. The van der Waals surface area contributed by atoms with Crippen molar-refractivity contribution < 1.29 is 23.4 Å². The minimum absolute atomic E-state index is 0.279. The van der Waals surface area contributed by atoms with Crippen molar-refractivity contribution in [3.8, 4) is 27.7 Å². The molecule has 0 saturated carbocycles. The van der Waals surface area contributed by atoms with Crippen LogP contribution in [0.25, 0.3) is 10.4 Å². The van der Waals surface area contributed by atoms with Gasteiger partial charge in [-0.25, -0.2) is 4.39 Å². The number of hydrogen-bond acceptors (Lipinski definition) is 5. The van der Waals surface area contributed by atoms with Crippen LogP contribution in [0, 0.1) is 5.82 Å². The smallest absolute Gasteiger partial charge is 0.265 e. The van der Waals surface area contributed by atoms with E-state index in [9.17, 15) is 9.18 Å². The van der Waals surface area contributed by atoms with Crippen molar-refractivity contribution in [1.29, 1.82) is 0 Å². The molecule has 0 saturated heterocycles. The Labute approximate surface area is 160 Å². The van der Waals surface area contributed by atoms with Gasteiger partial charge in [-0.15, -0.1) is 11.3 Å². The number of nitrogens with one attached hydrogen (secondary N) is 1. The van der Waals surface area contributed by atoms with E-state index < -0.39 is 0 Å². The van der Waals surface area contributed by atoms with Crippen molar-refractivity contribution in [1.82, 2.24) is 0 Å². The second kappa shape index (κ2) is 8.09. The Morgan fingerprint density at radius 2 is 1.52 bits per heavy atom. The van der Waals surface area contributed by atoms with Gasteiger partial charge >= 0.3 is 0 Å². The number of carbonyl (C=O) groups is 1. The Hall–Kier alpha value is -3.06. The van der Waals surface area contributed by atoms with Crippen LogP contribution in [-0.2, 0) is 0 Å². The van der Waals surface area contributed by atoms with Crippen molar-refractivity contribution >= 4 is 22.9 Å². The Morgan fingerprint density at radius 3 is 2.15 bits per heavy atom. The Morgan fingerprint density at radius 1 is 0.889 bits per heavy atom. The van der Waals surface area contributed by atoms with E-state index in [0.717, 1.165) is 10.4 Å². The highest BCUT2D eigenvalue weighted by Crippen LogP contribution is 2.38. The summed E-state index contributed by atoms with van der Waals surface area (Å²) in [6.07, 6.45) is 0. The maximum absolute atomic E-state index is 13.1. The average molecular weight is 387 g/mol. The number of halogens is 1.